The molecule has 0 bridgehead atoms. The van der Waals surface area contributed by atoms with Gasteiger partial charge < -0.3 is 10.1 Å². The van der Waals surface area contributed by atoms with E-state index in [-0.39, 0.29) is 5.75 Å². The highest BCUT2D eigenvalue weighted by Gasteiger charge is 2.08. The lowest BCUT2D eigenvalue weighted by molar-refractivity contribution is -0.0493. The Morgan fingerprint density at radius 2 is 2.13 bits per heavy atom. The van der Waals surface area contributed by atoms with Gasteiger partial charge >= 0.3 is 6.61 Å². The standard InChI is InChI=1S/C11H13F2NO/c1-8(2)7-14-9-5-3-4-6-10(9)15-11(12)13/h3-6,11,14H,1,7H2,2H3. The van der Waals surface area contributed by atoms with E-state index in [0.29, 0.717) is 12.2 Å². The van der Waals surface area contributed by atoms with E-state index in [0.717, 1.165) is 5.57 Å². The Hall–Kier alpha value is -1.58. The first kappa shape index (κ1) is 11.5. The van der Waals surface area contributed by atoms with Crippen LogP contribution >= 0.6 is 0 Å². The maximum Gasteiger partial charge on any atom is 0.387 e. The molecule has 1 rings (SSSR count). The van der Waals surface area contributed by atoms with Gasteiger partial charge in [-0.2, -0.15) is 8.78 Å². The second-order valence-corrected chi connectivity index (χ2v) is 3.19. The predicted octanol–water partition coefficient (Wildman–Crippen LogP) is 3.28. The molecule has 2 nitrogen and oxygen atoms in total. The van der Waals surface area contributed by atoms with Crippen LogP contribution in [0.25, 0.3) is 0 Å². The van der Waals surface area contributed by atoms with Gasteiger partial charge in [-0.1, -0.05) is 24.3 Å². The number of alkyl halides is 2. The van der Waals surface area contributed by atoms with Gasteiger partial charge in [0.25, 0.3) is 0 Å². The van der Waals surface area contributed by atoms with Crippen LogP contribution in [0.15, 0.2) is 36.4 Å². The molecule has 1 N–H and O–H groups in total. The van der Waals surface area contributed by atoms with Crippen LogP contribution in [0.3, 0.4) is 0 Å². The molecule has 0 saturated heterocycles. The fraction of sp³-hybridized carbons (Fsp3) is 0.273. The van der Waals surface area contributed by atoms with Crippen LogP contribution in [0, 0.1) is 0 Å². The van der Waals surface area contributed by atoms with Crippen molar-refractivity contribution >= 4 is 5.69 Å². The van der Waals surface area contributed by atoms with E-state index in [1.165, 1.54) is 6.07 Å². The fourth-order valence-electron chi connectivity index (χ4n) is 1.06. The molecule has 0 atom stereocenters. The maximum absolute atomic E-state index is 12.0. The highest BCUT2D eigenvalue weighted by molar-refractivity contribution is 5.56. The fourth-order valence-corrected chi connectivity index (χ4v) is 1.06. The number of halogens is 2. The summed E-state index contributed by atoms with van der Waals surface area (Å²) in [5.74, 6) is 0.147. The number of rotatable bonds is 5. The van der Waals surface area contributed by atoms with Gasteiger partial charge in [0.05, 0.1) is 5.69 Å². The lowest BCUT2D eigenvalue weighted by Gasteiger charge is -2.12. The van der Waals surface area contributed by atoms with Crippen molar-refractivity contribution < 1.29 is 13.5 Å². The first-order valence-corrected chi connectivity index (χ1v) is 4.51. The second kappa shape index (κ2) is 5.34. The van der Waals surface area contributed by atoms with E-state index < -0.39 is 6.61 Å². The van der Waals surface area contributed by atoms with Crippen molar-refractivity contribution in [2.45, 2.75) is 13.5 Å². The van der Waals surface area contributed by atoms with Crippen LogP contribution in [0.1, 0.15) is 6.92 Å². The van der Waals surface area contributed by atoms with Crippen LogP contribution in [-0.2, 0) is 0 Å². The average Bonchev–Trinajstić information content (AvgIpc) is 2.15. The van der Waals surface area contributed by atoms with Crippen LogP contribution in [0.5, 0.6) is 5.75 Å². The molecule has 0 amide bonds. The van der Waals surface area contributed by atoms with E-state index in [1.807, 2.05) is 6.92 Å². The SMILES string of the molecule is C=C(C)CNc1ccccc1OC(F)F. The summed E-state index contributed by atoms with van der Waals surface area (Å²) >= 11 is 0. The highest BCUT2D eigenvalue weighted by Crippen LogP contribution is 2.25. The van der Waals surface area contributed by atoms with E-state index in [1.54, 1.807) is 18.2 Å². The summed E-state index contributed by atoms with van der Waals surface area (Å²) in [6, 6.07) is 6.57. The third-order valence-electron chi connectivity index (χ3n) is 1.68. The van der Waals surface area contributed by atoms with Crippen LogP contribution in [0.2, 0.25) is 0 Å². The maximum atomic E-state index is 12.0. The number of hydrogen-bond acceptors (Lipinski definition) is 2. The number of benzene rings is 1. The third-order valence-corrected chi connectivity index (χ3v) is 1.68. The zero-order chi connectivity index (χ0) is 11.3. The molecule has 0 saturated carbocycles. The summed E-state index contributed by atoms with van der Waals surface area (Å²) < 4.78 is 28.4. The molecule has 0 radical (unpaired) electrons. The largest absolute Gasteiger partial charge is 0.433 e. The molecule has 0 aliphatic carbocycles. The van der Waals surface area contributed by atoms with Crippen LogP contribution in [0.4, 0.5) is 14.5 Å². The van der Waals surface area contributed by atoms with Crippen molar-refractivity contribution in [1.29, 1.82) is 0 Å². The van der Waals surface area contributed by atoms with Gasteiger partial charge in [0.1, 0.15) is 5.75 Å². The summed E-state index contributed by atoms with van der Waals surface area (Å²) in [5.41, 5.74) is 1.46. The van der Waals surface area contributed by atoms with Gasteiger partial charge in [0.15, 0.2) is 0 Å². The van der Waals surface area contributed by atoms with Gasteiger partial charge in [-0.15, -0.1) is 0 Å². The number of nitrogens with one attached hydrogen (secondary N) is 1. The Balaban J connectivity index is 2.72. The Morgan fingerprint density at radius 3 is 2.73 bits per heavy atom. The zero-order valence-corrected chi connectivity index (χ0v) is 8.47. The van der Waals surface area contributed by atoms with Crippen LogP contribution < -0.4 is 10.1 Å². The Bertz CT molecular complexity index is 339. The molecule has 0 fully saturated rings. The van der Waals surface area contributed by atoms with Gasteiger partial charge in [-0.05, 0) is 19.1 Å². The Morgan fingerprint density at radius 1 is 1.47 bits per heavy atom. The summed E-state index contributed by atoms with van der Waals surface area (Å²) in [4.78, 5) is 0. The lowest BCUT2D eigenvalue weighted by atomic mass is 10.2. The molecule has 0 aliphatic rings. The molecule has 0 aliphatic heterocycles. The molecule has 0 spiro atoms. The van der Waals surface area contributed by atoms with Gasteiger partial charge in [0.2, 0.25) is 0 Å². The number of hydrogen-bond donors (Lipinski definition) is 1. The van der Waals surface area contributed by atoms with E-state index in [2.05, 4.69) is 16.6 Å². The van der Waals surface area contributed by atoms with Crippen molar-refractivity contribution in [2.75, 3.05) is 11.9 Å². The molecule has 15 heavy (non-hydrogen) atoms. The molecular formula is C11H13F2NO. The monoisotopic (exact) mass is 213 g/mol. The molecular weight excluding hydrogens is 200 g/mol. The normalized spacial score (nSPS) is 10.1. The van der Waals surface area contributed by atoms with Crippen molar-refractivity contribution in [3.8, 4) is 5.75 Å². The van der Waals surface area contributed by atoms with E-state index >= 15 is 0 Å². The zero-order valence-electron chi connectivity index (χ0n) is 8.47. The minimum atomic E-state index is -2.81. The van der Waals surface area contributed by atoms with Crippen molar-refractivity contribution in [2.24, 2.45) is 0 Å². The van der Waals surface area contributed by atoms with E-state index in [4.69, 9.17) is 0 Å². The third kappa shape index (κ3) is 3.97. The highest BCUT2D eigenvalue weighted by atomic mass is 19.3. The minimum Gasteiger partial charge on any atom is -0.433 e. The second-order valence-electron chi connectivity index (χ2n) is 3.19. The van der Waals surface area contributed by atoms with Crippen molar-refractivity contribution in [3.63, 3.8) is 0 Å². The van der Waals surface area contributed by atoms with Gasteiger partial charge in [-0.3, -0.25) is 0 Å². The minimum absolute atomic E-state index is 0.147. The first-order chi connectivity index (χ1) is 7.09. The topological polar surface area (TPSA) is 21.3 Å². The quantitative estimate of drug-likeness (QED) is 0.758. The predicted molar refractivity (Wildman–Crippen MR) is 56.4 cm³/mol. The summed E-state index contributed by atoms with van der Waals surface area (Å²) in [6.45, 7) is 3.28. The first-order valence-electron chi connectivity index (χ1n) is 4.51. The number of anilines is 1. The average molecular weight is 213 g/mol. The van der Waals surface area contributed by atoms with Crippen molar-refractivity contribution in [1.82, 2.24) is 0 Å². The molecule has 0 aromatic heterocycles. The Labute approximate surface area is 87.6 Å². The lowest BCUT2D eigenvalue weighted by Crippen LogP contribution is -2.07. The molecule has 0 heterocycles. The van der Waals surface area contributed by atoms with Crippen LogP contribution in [-0.4, -0.2) is 13.2 Å². The number of ether oxygens (including phenoxy) is 1. The Kier molecular flexibility index (Phi) is 4.09. The van der Waals surface area contributed by atoms with Crippen molar-refractivity contribution in [3.05, 3.63) is 36.4 Å². The van der Waals surface area contributed by atoms with Gasteiger partial charge in [-0.25, -0.2) is 0 Å². The van der Waals surface area contributed by atoms with E-state index in [9.17, 15) is 8.78 Å². The summed E-state index contributed by atoms with van der Waals surface area (Å²) in [5, 5.41) is 2.96. The molecule has 4 heteroatoms. The molecule has 1 aromatic rings. The molecule has 82 valence electrons. The molecule has 0 unspecified atom stereocenters. The summed E-state index contributed by atoms with van der Waals surface area (Å²) in [7, 11) is 0. The number of para-hydroxylation sites is 2. The molecule has 1 aromatic carbocycles. The summed E-state index contributed by atoms with van der Waals surface area (Å²) in [6.07, 6.45) is 0. The van der Waals surface area contributed by atoms with Gasteiger partial charge in [0, 0.05) is 6.54 Å². The smallest absolute Gasteiger partial charge is 0.387 e.